The molecule has 1 aliphatic heterocycles. The van der Waals surface area contributed by atoms with E-state index in [1.807, 2.05) is 4.90 Å². The fourth-order valence-electron chi connectivity index (χ4n) is 3.47. The van der Waals surface area contributed by atoms with Gasteiger partial charge in [-0.1, -0.05) is 12.1 Å². The summed E-state index contributed by atoms with van der Waals surface area (Å²) in [5.74, 6) is -0.503. The minimum absolute atomic E-state index is 0.00496. The number of carbonyl (C=O) groups is 1. The molecule has 180 valence electrons. The molecule has 3 rings (SSSR count). The van der Waals surface area contributed by atoms with Crippen LogP contribution in [-0.4, -0.2) is 65.6 Å². The van der Waals surface area contributed by atoms with Crippen LogP contribution in [0.2, 0.25) is 0 Å². The molecule has 1 unspecified atom stereocenters. The Morgan fingerprint density at radius 1 is 1.15 bits per heavy atom. The third kappa shape index (κ3) is 5.98. The number of carbonyl (C=O) groups excluding carboxylic acids is 1. The van der Waals surface area contributed by atoms with Crippen molar-refractivity contribution in [3.8, 4) is 5.75 Å². The van der Waals surface area contributed by atoms with Gasteiger partial charge in [-0.2, -0.15) is 8.78 Å². The van der Waals surface area contributed by atoms with Gasteiger partial charge in [0.15, 0.2) is 0 Å². The number of alkyl halides is 2. The molecule has 0 bridgehead atoms. The van der Waals surface area contributed by atoms with Crippen LogP contribution in [0, 0.1) is 0 Å². The maximum Gasteiger partial charge on any atom is 0.387 e. The van der Waals surface area contributed by atoms with Gasteiger partial charge in [-0.3, -0.25) is 4.79 Å². The molecule has 0 spiro atoms. The summed E-state index contributed by atoms with van der Waals surface area (Å²) >= 11 is 0. The number of halogens is 2. The zero-order valence-corrected chi connectivity index (χ0v) is 19.4. The number of anilines is 1. The summed E-state index contributed by atoms with van der Waals surface area (Å²) in [6, 6.07) is 9.97. The molecule has 8 nitrogen and oxygen atoms in total. The number of morpholine rings is 1. The predicted molar refractivity (Wildman–Crippen MR) is 119 cm³/mol. The number of ether oxygens (including phenoxy) is 2. The molecule has 1 heterocycles. The van der Waals surface area contributed by atoms with Crippen LogP contribution in [0.5, 0.6) is 5.75 Å². The van der Waals surface area contributed by atoms with E-state index >= 15 is 0 Å². The van der Waals surface area contributed by atoms with Gasteiger partial charge in [0.05, 0.1) is 29.7 Å². The molecule has 1 fully saturated rings. The Bertz CT molecular complexity index is 1090. The minimum atomic E-state index is -3.76. The number of hydrogen-bond acceptors (Lipinski definition) is 6. The summed E-state index contributed by atoms with van der Waals surface area (Å²) in [5, 5.41) is 2.83. The Hall–Kier alpha value is -2.76. The monoisotopic (exact) mass is 483 g/mol. The number of amides is 1. The van der Waals surface area contributed by atoms with Crippen molar-refractivity contribution >= 4 is 21.6 Å². The first-order valence-electron chi connectivity index (χ1n) is 10.3. The third-order valence-electron chi connectivity index (χ3n) is 5.27. The Morgan fingerprint density at radius 3 is 2.48 bits per heavy atom. The van der Waals surface area contributed by atoms with Crippen LogP contribution in [0.15, 0.2) is 47.4 Å². The van der Waals surface area contributed by atoms with Gasteiger partial charge in [0.2, 0.25) is 10.0 Å². The van der Waals surface area contributed by atoms with E-state index in [2.05, 4.69) is 10.1 Å². The van der Waals surface area contributed by atoms with E-state index in [-0.39, 0.29) is 16.2 Å². The van der Waals surface area contributed by atoms with Crippen molar-refractivity contribution in [3.63, 3.8) is 0 Å². The van der Waals surface area contributed by atoms with Gasteiger partial charge in [-0.15, -0.1) is 0 Å². The van der Waals surface area contributed by atoms with E-state index in [1.54, 1.807) is 25.1 Å². The SMILES string of the molecule is CC(NC(=O)c1cc(S(=O)(=O)N(C)C)ccc1N1CCOCC1)c1cccc(OC(F)F)c1. The summed E-state index contributed by atoms with van der Waals surface area (Å²) < 4.78 is 61.3. The van der Waals surface area contributed by atoms with Crippen molar-refractivity contribution in [2.75, 3.05) is 45.3 Å². The highest BCUT2D eigenvalue weighted by Gasteiger charge is 2.25. The summed E-state index contributed by atoms with van der Waals surface area (Å²) in [4.78, 5) is 15.2. The van der Waals surface area contributed by atoms with Crippen molar-refractivity contribution < 1.29 is 31.5 Å². The average Bonchev–Trinajstić information content (AvgIpc) is 2.78. The average molecular weight is 484 g/mol. The fourth-order valence-corrected chi connectivity index (χ4v) is 4.39. The van der Waals surface area contributed by atoms with E-state index < -0.39 is 28.6 Å². The van der Waals surface area contributed by atoms with E-state index in [9.17, 15) is 22.0 Å². The van der Waals surface area contributed by atoms with E-state index in [1.165, 1.54) is 38.4 Å². The second kappa shape index (κ2) is 10.4. The highest BCUT2D eigenvalue weighted by atomic mass is 32.2. The summed E-state index contributed by atoms with van der Waals surface area (Å²) in [7, 11) is -0.919. The van der Waals surface area contributed by atoms with E-state index in [0.29, 0.717) is 37.6 Å². The molecular weight excluding hydrogens is 456 g/mol. The molecule has 0 aromatic heterocycles. The van der Waals surface area contributed by atoms with Crippen LogP contribution in [0.25, 0.3) is 0 Å². The Balaban J connectivity index is 1.92. The molecule has 1 amide bonds. The van der Waals surface area contributed by atoms with Gasteiger partial charge in [0, 0.05) is 32.9 Å². The number of sulfonamides is 1. The largest absolute Gasteiger partial charge is 0.435 e. The van der Waals surface area contributed by atoms with Crippen LogP contribution in [0.3, 0.4) is 0 Å². The lowest BCUT2D eigenvalue weighted by Crippen LogP contribution is -2.38. The van der Waals surface area contributed by atoms with Crippen molar-refractivity contribution in [2.24, 2.45) is 0 Å². The predicted octanol–water partition coefficient (Wildman–Crippen LogP) is 2.87. The number of nitrogens with one attached hydrogen (secondary N) is 1. The number of hydrogen-bond donors (Lipinski definition) is 1. The van der Waals surface area contributed by atoms with Crippen molar-refractivity contribution in [2.45, 2.75) is 24.5 Å². The number of rotatable bonds is 8. The van der Waals surface area contributed by atoms with Crippen LogP contribution in [0.1, 0.15) is 28.9 Å². The highest BCUT2D eigenvalue weighted by Crippen LogP contribution is 2.28. The lowest BCUT2D eigenvalue weighted by molar-refractivity contribution is -0.0499. The van der Waals surface area contributed by atoms with E-state index in [0.717, 1.165) is 4.31 Å². The summed E-state index contributed by atoms with van der Waals surface area (Å²) in [6.07, 6.45) is 0. The number of nitrogens with zero attached hydrogens (tertiary/aromatic N) is 2. The molecule has 33 heavy (non-hydrogen) atoms. The zero-order valence-electron chi connectivity index (χ0n) is 18.6. The maximum atomic E-state index is 13.3. The molecule has 1 saturated heterocycles. The van der Waals surface area contributed by atoms with Crippen LogP contribution >= 0.6 is 0 Å². The zero-order chi connectivity index (χ0) is 24.2. The molecule has 0 aliphatic carbocycles. The van der Waals surface area contributed by atoms with Crippen molar-refractivity contribution in [1.82, 2.24) is 9.62 Å². The lowest BCUT2D eigenvalue weighted by Gasteiger charge is -2.31. The Labute approximate surface area is 192 Å². The smallest absolute Gasteiger partial charge is 0.387 e. The second-order valence-corrected chi connectivity index (χ2v) is 9.86. The molecule has 1 aliphatic rings. The molecule has 11 heteroatoms. The van der Waals surface area contributed by atoms with Gasteiger partial charge in [-0.25, -0.2) is 12.7 Å². The summed E-state index contributed by atoms with van der Waals surface area (Å²) in [6.45, 7) is 0.847. The van der Waals surface area contributed by atoms with Gasteiger partial charge in [-0.05, 0) is 42.8 Å². The molecule has 0 radical (unpaired) electrons. The first-order chi connectivity index (χ1) is 15.6. The summed E-state index contributed by atoms with van der Waals surface area (Å²) in [5.41, 5.74) is 1.36. The van der Waals surface area contributed by atoms with Crippen LogP contribution in [-0.2, 0) is 14.8 Å². The first-order valence-corrected chi connectivity index (χ1v) is 11.8. The van der Waals surface area contributed by atoms with Crippen molar-refractivity contribution in [3.05, 3.63) is 53.6 Å². The lowest BCUT2D eigenvalue weighted by atomic mass is 10.1. The third-order valence-corrected chi connectivity index (χ3v) is 7.08. The quantitative estimate of drug-likeness (QED) is 0.621. The fraction of sp³-hybridized carbons (Fsp3) is 0.409. The second-order valence-electron chi connectivity index (χ2n) is 7.71. The van der Waals surface area contributed by atoms with E-state index in [4.69, 9.17) is 4.74 Å². The Kier molecular flexibility index (Phi) is 7.88. The molecule has 1 N–H and O–H groups in total. The van der Waals surface area contributed by atoms with Crippen molar-refractivity contribution in [1.29, 1.82) is 0 Å². The van der Waals surface area contributed by atoms with Gasteiger partial charge in [0.1, 0.15) is 5.75 Å². The number of benzene rings is 2. The molecule has 1 atom stereocenters. The molecule has 2 aromatic carbocycles. The topological polar surface area (TPSA) is 88.2 Å². The maximum absolute atomic E-state index is 13.3. The van der Waals surface area contributed by atoms with Crippen LogP contribution in [0.4, 0.5) is 14.5 Å². The van der Waals surface area contributed by atoms with Gasteiger partial charge >= 0.3 is 6.61 Å². The molecule has 2 aromatic rings. The highest BCUT2D eigenvalue weighted by molar-refractivity contribution is 7.89. The minimum Gasteiger partial charge on any atom is -0.435 e. The standard InChI is InChI=1S/C22H27F2N3O5S/c1-15(16-5-4-6-17(13-16)32-22(23)24)25-21(28)19-14-18(33(29,30)26(2)3)7-8-20(19)27-9-11-31-12-10-27/h4-8,13-15,22H,9-12H2,1-3H3,(H,25,28). The normalized spacial score (nSPS) is 15.5. The molecular formula is C22H27F2N3O5S. The molecule has 0 saturated carbocycles. The van der Waals surface area contributed by atoms with Gasteiger partial charge < -0.3 is 19.7 Å². The van der Waals surface area contributed by atoms with Crippen LogP contribution < -0.4 is 15.0 Å². The Morgan fingerprint density at radius 2 is 1.85 bits per heavy atom. The first kappa shape index (κ1) is 24.9. The van der Waals surface area contributed by atoms with Gasteiger partial charge in [0.25, 0.3) is 5.91 Å².